The van der Waals surface area contributed by atoms with Crippen LogP contribution in [0.2, 0.25) is 0 Å². The molecule has 0 radical (unpaired) electrons. The van der Waals surface area contributed by atoms with Crippen molar-refractivity contribution in [3.05, 3.63) is 17.8 Å². The number of terminal acetylenes is 1. The summed E-state index contributed by atoms with van der Waals surface area (Å²) < 4.78 is 4.86. The normalized spacial score (nSPS) is 8.89. The summed E-state index contributed by atoms with van der Waals surface area (Å²) >= 11 is 0. The molecule has 0 amide bonds. The Bertz CT molecular complexity index is 231. The van der Waals surface area contributed by atoms with Crippen LogP contribution in [0.25, 0.3) is 0 Å². The van der Waals surface area contributed by atoms with Crippen molar-refractivity contribution in [1.82, 2.24) is 4.98 Å². The average molecular weight is 121 g/mol. The lowest BCUT2D eigenvalue weighted by Gasteiger charge is -1.76. The zero-order valence-electron chi connectivity index (χ0n) is 5.22. The van der Waals surface area contributed by atoms with Crippen molar-refractivity contribution in [3.63, 3.8) is 0 Å². The predicted octanol–water partition coefficient (Wildman–Crippen LogP) is 1.22. The summed E-state index contributed by atoms with van der Waals surface area (Å²) in [4.78, 5) is 3.94. The van der Waals surface area contributed by atoms with Gasteiger partial charge >= 0.3 is 0 Å². The predicted molar refractivity (Wildman–Crippen MR) is 33.8 cm³/mol. The maximum atomic E-state index is 5.01. The van der Waals surface area contributed by atoms with Gasteiger partial charge in [-0.1, -0.05) is 6.92 Å². The fraction of sp³-hybridized carbons (Fsp3) is 0.286. The smallest absolute Gasteiger partial charge is 0.273 e. The molecule has 2 heteroatoms. The molecule has 1 aromatic heterocycles. The number of nitrogens with zero attached hydrogens (tertiary/aromatic N) is 1. The van der Waals surface area contributed by atoms with E-state index in [2.05, 4.69) is 10.9 Å². The molecule has 0 saturated carbocycles. The van der Waals surface area contributed by atoms with Crippen molar-refractivity contribution in [1.29, 1.82) is 0 Å². The highest BCUT2D eigenvalue weighted by Crippen LogP contribution is 1.99. The van der Waals surface area contributed by atoms with Crippen LogP contribution in [0.3, 0.4) is 0 Å². The largest absolute Gasteiger partial charge is 0.438 e. The molecule has 0 aliphatic carbocycles. The third-order valence-electron chi connectivity index (χ3n) is 1.04. The summed E-state index contributed by atoms with van der Waals surface area (Å²) in [5, 5.41) is 0. The first kappa shape index (κ1) is 5.90. The van der Waals surface area contributed by atoms with Crippen LogP contribution in [0, 0.1) is 12.3 Å². The van der Waals surface area contributed by atoms with Crippen LogP contribution in [0.1, 0.15) is 18.5 Å². The first-order valence-electron chi connectivity index (χ1n) is 2.78. The van der Waals surface area contributed by atoms with E-state index in [0.717, 1.165) is 12.1 Å². The second-order valence-corrected chi connectivity index (χ2v) is 1.64. The van der Waals surface area contributed by atoms with Crippen molar-refractivity contribution in [2.75, 3.05) is 0 Å². The molecule has 0 saturated heterocycles. The first-order chi connectivity index (χ1) is 4.36. The highest BCUT2D eigenvalue weighted by Gasteiger charge is 1.95. The molecule has 2 nitrogen and oxygen atoms in total. The number of oxazole rings is 1. The number of aryl methyl sites for hydroxylation is 1. The standard InChI is InChI=1S/C7H7NO/c1-3-6-5-9-7(4-2)8-6/h2,5H,3H2,1H3. The highest BCUT2D eigenvalue weighted by atomic mass is 16.3. The van der Waals surface area contributed by atoms with Gasteiger partial charge in [0, 0.05) is 0 Å². The molecule has 0 aliphatic rings. The van der Waals surface area contributed by atoms with Crippen molar-refractivity contribution in [3.8, 4) is 12.3 Å². The maximum absolute atomic E-state index is 5.01. The Morgan fingerprint density at radius 1 is 1.89 bits per heavy atom. The molecule has 46 valence electrons. The van der Waals surface area contributed by atoms with Gasteiger partial charge in [-0.05, 0) is 12.3 Å². The number of hydrogen-bond acceptors (Lipinski definition) is 2. The van der Waals surface area contributed by atoms with E-state index in [1.807, 2.05) is 6.92 Å². The Kier molecular flexibility index (Phi) is 1.55. The van der Waals surface area contributed by atoms with E-state index in [4.69, 9.17) is 10.8 Å². The van der Waals surface area contributed by atoms with Crippen molar-refractivity contribution in [2.45, 2.75) is 13.3 Å². The zero-order chi connectivity index (χ0) is 6.69. The second kappa shape index (κ2) is 2.36. The SMILES string of the molecule is C#Cc1nc(CC)co1. The molecule has 0 bridgehead atoms. The first-order valence-corrected chi connectivity index (χ1v) is 2.78. The van der Waals surface area contributed by atoms with E-state index in [1.54, 1.807) is 6.26 Å². The average Bonchev–Trinajstić information content (AvgIpc) is 2.34. The molecule has 0 unspecified atom stereocenters. The van der Waals surface area contributed by atoms with Crippen molar-refractivity contribution >= 4 is 0 Å². The minimum absolute atomic E-state index is 0.367. The third kappa shape index (κ3) is 1.11. The van der Waals surface area contributed by atoms with E-state index in [1.165, 1.54) is 0 Å². The van der Waals surface area contributed by atoms with Gasteiger partial charge in [0.15, 0.2) is 0 Å². The van der Waals surface area contributed by atoms with Crippen LogP contribution in [-0.2, 0) is 6.42 Å². The van der Waals surface area contributed by atoms with Crippen molar-refractivity contribution < 1.29 is 4.42 Å². The Morgan fingerprint density at radius 3 is 3.00 bits per heavy atom. The summed E-state index contributed by atoms with van der Waals surface area (Å²) in [5.74, 6) is 2.67. The topological polar surface area (TPSA) is 26.0 Å². The Morgan fingerprint density at radius 2 is 2.67 bits per heavy atom. The summed E-state index contributed by atoms with van der Waals surface area (Å²) in [6, 6.07) is 0. The number of rotatable bonds is 1. The Labute approximate surface area is 53.9 Å². The van der Waals surface area contributed by atoms with E-state index < -0.39 is 0 Å². The lowest BCUT2D eigenvalue weighted by Crippen LogP contribution is -1.77. The monoisotopic (exact) mass is 121 g/mol. The quantitative estimate of drug-likeness (QED) is 0.522. The van der Waals surface area contributed by atoms with Crippen LogP contribution in [0.4, 0.5) is 0 Å². The van der Waals surface area contributed by atoms with Gasteiger partial charge < -0.3 is 4.42 Å². The molecule has 0 aliphatic heterocycles. The van der Waals surface area contributed by atoms with Gasteiger partial charge in [-0.25, -0.2) is 4.98 Å². The lowest BCUT2D eigenvalue weighted by molar-refractivity contribution is 0.542. The molecule has 0 fully saturated rings. The van der Waals surface area contributed by atoms with Crippen LogP contribution < -0.4 is 0 Å². The molecular weight excluding hydrogens is 114 g/mol. The highest BCUT2D eigenvalue weighted by molar-refractivity contribution is 5.13. The van der Waals surface area contributed by atoms with E-state index in [9.17, 15) is 0 Å². The summed E-state index contributed by atoms with van der Waals surface area (Å²) in [7, 11) is 0. The molecule has 0 spiro atoms. The molecular formula is C7H7NO. The van der Waals surface area contributed by atoms with Gasteiger partial charge in [-0.2, -0.15) is 0 Å². The molecule has 1 rings (SSSR count). The molecule has 9 heavy (non-hydrogen) atoms. The van der Waals surface area contributed by atoms with Gasteiger partial charge in [-0.3, -0.25) is 0 Å². The number of aromatic nitrogens is 1. The van der Waals surface area contributed by atoms with Gasteiger partial charge in [0.2, 0.25) is 0 Å². The van der Waals surface area contributed by atoms with Crippen LogP contribution in [-0.4, -0.2) is 4.98 Å². The molecule has 1 heterocycles. The van der Waals surface area contributed by atoms with Crippen molar-refractivity contribution in [2.24, 2.45) is 0 Å². The third-order valence-corrected chi connectivity index (χ3v) is 1.04. The van der Waals surface area contributed by atoms with E-state index >= 15 is 0 Å². The fourth-order valence-electron chi connectivity index (χ4n) is 0.536. The van der Waals surface area contributed by atoms with Crippen LogP contribution in [0.15, 0.2) is 10.7 Å². The Hall–Kier alpha value is -1.23. The summed E-state index contributed by atoms with van der Waals surface area (Å²) in [6.45, 7) is 2.00. The minimum atomic E-state index is 0.367. The van der Waals surface area contributed by atoms with Gasteiger partial charge in [-0.15, -0.1) is 6.42 Å². The summed E-state index contributed by atoms with van der Waals surface area (Å²) in [6.07, 6.45) is 7.46. The van der Waals surface area contributed by atoms with Gasteiger partial charge in [0.25, 0.3) is 5.89 Å². The van der Waals surface area contributed by atoms with Crippen LogP contribution in [0.5, 0.6) is 0 Å². The van der Waals surface area contributed by atoms with Gasteiger partial charge in [0.05, 0.1) is 5.69 Å². The molecule has 0 atom stereocenters. The molecule has 0 aromatic carbocycles. The lowest BCUT2D eigenvalue weighted by atomic mass is 10.4. The second-order valence-electron chi connectivity index (χ2n) is 1.64. The maximum Gasteiger partial charge on any atom is 0.273 e. The van der Waals surface area contributed by atoms with E-state index in [-0.39, 0.29) is 0 Å². The summed E-state index contributed by atoms with van der Waals surface area (Å²) in [5.41, 5.74) is 0.906. The molecule has 0 N–H and O–H groups in total. The van der Waals surface area contributed by atoms with Gasteiger partial charge in [0.1, 0.15) is 6.26 Å². The number of hydrogen-bond donors (Lipinski definition) is 0. The minimum Gasteiger partial charge on any atom is -0.438 e. The van der Waals surface area contributed by atoms with E-state index in [0.29, 0.717) is 5.89 Å². The fourth-order valence-corrected chi connectivity index (χ4v) is 0.536. The molecule has 1 aromatic rings. The zero-order valence-corrected chi connectivity index (χ0v) is 5.22. The van der Waals surface area contributed by atoms with Crippen LogP contribution >= 0.6 is 0 Å². The Balaban J connectivity index is 2.90.